The number of hydrogen-bond donors (Lipinski definition) is 1. The van der Waals surface area contributed by atoms with Gasteiger partial charge in [-0.25, -0.2) is 4.79 Å². The highest BCUT2D eigenvalue weighted by Crippen LogP contribution is 2.12. The molecule has 1 unspecified atom stereocenters. The van der Waals surface area contributed by atoms with Crippen molar-refractivity contribution >= 4 is 6.03 Å². The fourth-order valence-corrected chi connectivity index (χ4v) is 3.11. The first-order valence-corrected chi connectivity index (χ1v) is 9.29. The van der Waals surface area contributed by atoms with Crippen LogP contribution in [0.3, 0.4) is 0 Å². The molecule has 0 bridgehead atoms. The molecule has 2 heterocycles. The summed E-state index contributed by atoms with van der Waals surface area (Å²) in [7, 11) is 0. The van der Waals surface area contributed by atoms with Crippen molar-refractivity contribution in [2.45, 2.75) is 53.0 Å². The molecule has 6 nitrogen and oxygen atoms in total. The SMILES string of the molecule is CCCCC(CC)CNC(=O)N1CCN(Cc2cc(C)no2)CC1. The third-order valence-corrected chi connectivity index (χ3v) is 4.80. The van der Waals surface area contributed by atoms with Gasteiger partial charge < -0.3 is 14.7 Å². The Bertz CT molecular complexity index is 495. The van der Waals surface area contributed by atoms with Crippen LogP contribution in [0.25, 0.3) is 0 Å². The highest BCUT2D eigenvalue weighted by Gasteiger charge is 2.22. The summed E-state index contributed by atoms with van der Waals surface area (Å²) in [5, 5.41) is 7.04. The maximum atomic E-state index is 12.3. The second-order valence-corrected chi connectivity index (χ2v) is 6.80. The van der Waals surface area contributed by atoms with Crippen LogP contribution >= 0.6 is 0 Å². The van der Waals surface area contributed by atoms with Gasteiger partial charge in [0, 0.05) is 38.8 Å². The number of urea groups is 1. The predicted octanol–water partition coefficient (Wildman–Crippen LogP) is 3.03. The van der Waals surface area contributed by atoms with Crippen LogP contribution in [0.2, 0.25) is 0 Å². The molecule has 2 amide bonds. The number of aryl methyl sites for hydroxylation is 1. The molecule has 2 rings (SSSR count). The van der Waals surface area contributed by atoms with Crippen LogP contribution in [0.1, 0.15) is 51.0 Å². The average molecular weight is 336 g/mol. The molecule has 0 saturated carbocycles. The summed E-state index contributed by atoms with van der Waals surface area (Å²) < 4.78 is 5.27. The number of carbonyl (C=O) groups is 1. The van der Waals surface area contributed by atoms with Crippen LogP contribution in [0.4, 0.5) is 4.79 Å². The first kappa shape index (κ1) is 18.8. The number of hydrogen-bond acceptors (Lipinski definition) is 4. The molecule has 0 spiro atoms. The minimum atomic E-state index is 0.0834. The van der Waals surface area contributed by atoms with Crippen LogP contribution in [0, 0.1) is 12.8 Å². The Hall–Kier alpha value is -1.56. The van der Waals surface area contributed by atoms with Gasteiger partial charge in [0.1, 0.15) is 0 Å². The van der Waals surface area contributed by atoms with E-state index in [2.05, 4.69) is 29.2 Å². The summed E-state index contributed by atoms with van der Waals surface area (Å²) in [5.41, 5.74) is 0.913. The lowest BCUT2D eigenvalue weighted by molar-refractivity contribution is 0.127. The minimum Gasteiger partial charge on any atom is -0.360 e. The molecular formula is C18H32N4O2. The molecule has 0 aromatic carbocycles. The number of carbonyl (C=O) groups excluding carboxylic acids is 1. The van der Waals surface area contributed by atoms with E-state index in [1.807, 2.05) is 17.9 Å². The number of piperazine rings is 1. The van der Waals surface area contributed by atoms with Gasteiger partial charge in [-0.3, -0.25) is 4.90 Å². The maximum absolute atomic E-state index is 12.3. The van der Waals surface area contributed by atoms with Gasteiger partial charge in [0.05, 0.1) is 12.2 Å². The molecule has 136 valence electrons. The van der Waals surface area contributed by atoms with Crippen molar-refractivity contribution in [2.24, 2.45) is 5.92 Å². The third kappa shape index (κ3) is 5.82. The molecule has 24 heavy (non-hydrogen) atoms. The van der Waals surface area contributed by atoms with Crippen molar-refractivity contribution in [3.05, 3.63) is 17.5 Å². The first-order chi connectivity index (χ1) is 11.6. The van der Waals surface area contributed by atoms with Crippen LogP contribution in [0.15, 0.2) is 10.6 Å². The van der Waals surface area contributed by atoms with E-state index in [-0.39, 0.29) is 6.03 Å². The van der Waals surface area contributed by atoms with Crippen LogP contribution in [0.5, 0.6) is 0 Å². The Kier molecular flexibility index (Phi) is 7.56. The molecule has 1 saturated heterocycles. The van der Waals surface area contributed by atoms with Gasteiger partial charge in [-0.05, 0) is 19.3 Å². The van der Waals surface area contributed by atoms with E-state index in [0.717, 1.165) is 57.1 Å². The van der Waals surface area contributed by atoms with E-state index in [0.29, 0.717) is 5.92 Å². The van der Waals surface area contributed by atoms with Gasteiger partial charge in [-0.2, -0.15) is 0 Å². The summed E-state index contributed by atoms with van der Waals surface area (Å²) in [6.45, 7) is 11.2. The Morgan fingerprint density at radius 3 is 2.67 bits per heavy atom. The molecule has 1 fully saturated rings. The van der Waals surface area contributed by atoms with E-state index in [9.17, 15) is 4.79 Å². The Morgan fingerprint density at radius 1 is 1.33 bits per heavy atom. The average Bonchev–Trinajstić information content (AvgIpc) is 3.00. The Labute approximate surface area is 145 Å². The van der Waals surface area contributed by atoms with Crippen molar-refractivity contribution in [1.82, 2.24) is 20.3 Å². The number of amides is 2. The Balaban J connectivity index is 1.68. The van der Waals surface area contributed by atoms with Crippen molar-refractivity contribution in [3.8, 4) is 0 Å². The van der Waals surface area contributed by atoms with Gasteiger partial charge in [0.2, 0.25) is 0 Å². The van der Waals surface area contributed by atoms with E-state index in [1.54, 1.807) is 0 Å². The molecule has 1 atom stereocenters. The zero-order valence-electron chi connectivity index (χ0n) is 15.4. The first-order valence-electron chi connectivity index (χ1n) is 9.29. The fourth-order valence-electron chi connectivity index (χ4n) is 3.11. The van der Waals surface area contributed by atoms with Crippen LogP contribution < -0.4 is 5.32 Å². The van der Waals surface area contributed by atoms with E-state index < -0.39 is 0 Å². The van der Waals surface area contributed by atoms with Crippen LogP contribution in [-0.4, -0.2) is 53.7 Å². The van der Waals surface area contributed by atoms with Crippen molar-refractivity contribution < 1.29 is 9.32 Å². The molecule has 6 heteroatoms. The lowest BCUT2D eigenvalue weighted by atomic mass is 9.99. The van der Waals surface area contributed by atoms with Gasteiger partial charge in [-0.1, -0.05) is 38.3 Å². The minimum absolute atomic E-state index is 0.0834. The molecule has 0 aliphatic carbocycles. The quantitative estimate of drug-likeness (QED) is 0.793. The number of nitrogens with one attached hydrogen (secondary N) is 1. The summed E-state index contributed by atoms with van der Waals surface area (Å²) in [4.78, 5) is 16.6. The van der Waals surface area contributed by atoms with E-state index >= 15 is 0 Å². The number of nitrogens with zero attached hydrogens (tertiary/aromatic N) is 3. The summed E-state index contributed by atoms with van der Waals surface area (Å²) in [6.07, 6.45) is 4.80. The molecule has 1 aromatic rings. The maximum Gasteiger partial charge on any atom is 0.317 e. The standard InChI is InChI=1S/C18H32N4O2/c1-4-6-7-16(5-2)13-19-18(23)22-10-8-21(9-11-22)14-17-12-15(3)20-24-17/h12,16H,4-11,13-14H2,1-3H3,(H,19,23). The summed E-state index contributed by atoms with van der Waals surface area (Å²) >= 11 is 0. The normalized spacial score (nSPS) is 17.0. The zero-order valence-corrected chi connectivity index (χ0v) is 15.4. The molecule has 1 N–H and O–H groups in total. The molecule has 1 aromatic heterocycles. The monoisotopic (exact) mass is 336 g/mol. The van der Waals surface area contributed by atoms with Crippen molar-refractivity contribution in [3.63, 3.8) is 0 Å². The van der Waals surface area contributed by atoms with E-state index in [1.165, 1.54) is 19.3 Å². The van der Waals surface area contributed by atoms with Gasteiger partial charge in [0.25, 0.3) is 0 Å². The third-order valence-electron chi connectivity index (χ3n) is 4.80. The number of rotatable bonds is 8. The molecule has 0 radical (unpaired) electrons. The number of aromatic nitrogens is 1. The van der Waals surface area contributed by atoms with Crippen molar-refractivity contribution in [2.75, 3.05) is 32.7 Å². The largest absolute Gasteiger partial charge is 0.360 e. The van der Waals surface area contributed by atoms with Crippen molar-refractivity contribution in [1.29, 1.82) is 0 Å². The highest BCUT2D eigenvalue weighted by molar-refractivity contribution is 5.74. The van der Waals surface area contributed by atoms with E-state index in [4.69, 9.17) is 4.52 Å². The highest BCUT2D eigenvalue weighted by atomic mass is 16.5. The molecule has 1 aliphatic rings. The van der Waals surface area contributed by atoms with Gasteiger partial charge >= 0.3 is 6.03 Å². The second-order valence-electron chi connectivity index (χ2n) is 6.80. The topological polar surface area (TPSA) is 61.6 Å². The van der Waals surface area contributed by atoms with Gasteiger partial charge in [0.15, 0.2) is 5.76 Å². The molecule has 1 aliphatic heterocycles. The zero-order chi connectivity index (χ0) is 17.4. The number of unbranched alkanes of at least 4 members (excludes halogenated alkanes) is 1. The van der Waals surface area contributed by atoms with Crippen LogP contribution in [-0.2, 0) is 6.54 Å². The fraction of sp³-hybridized carbons (Fsp3) is 0.778. The lowest BCUT2D eigenvalue weighted by Gasteiger charge is -2.34. The lowest BCUT2D eigenvalue weighted by Crippen LogP contribution is -2.52. The summed E-state index contributed by atoms with van der Waals surface area (Å²) in [6, 6.07) is 2.06. The van der Waals surface area contributed by atoms with Gasteiger partial charge in [-0.15, -0.1) is 0 Å². The predicted molar refractivity (Wildman–Crippen MR) is 94.8 cm³/mol. The second kappa shape index (κ2) is 9.67. The molecular weight excluding hydrogens is 304 g/mol. The smallest absolute Gasteiger partial charge is 0.317 e. The Morgan fingerprint density at radius 2 is 2.08 bits per heavy atom. The summed E-state index contributed by atoms with van der Waals surface area (Å²) in [5.74, 6) is 1.50.